The number of rotatable bonds is 17. The Labute approximate surface area is 413 Å². The Hall–Kier alpha value is -6.93. The first kappa shape index (κ1) is 51.4. The number of esters is 5. The van der Waals surface area contributed by atoms with Gasteiger partial charge in [-0.1, -0.05) is 56.3 Å². The van der Waals surface area contributed by atoms with E-state index in [1.807, 2.05) is 0 Å². The number of hydrogen-bond acceptors (Lipinski definition) is 17. The number of carbonyl (C=O) groups is 9. The first-order valence-electron chi connectivity index (χ1n) is 23.7. The highest BCUT2D eigenvalue weighted by atomic mass is 16.6. The second-order valence-corrected chi connectivity index (χ2v) is 20.0. The van der Waals surface area contributed by atoms with E-state index in [0.29, 0.717) is 29.7 Å². The van der Waals surface area contributed by atoms with Crippen LogP contribution in [0.2, 0.25) is 0 Å². The number of benzene rings is 2. The van der Waals surface area contributed by atoms with E-state index in [1.54, 1.807) is 62.4 Å². The van der Waals surface area contributed by atoms with E-state index in [0.717, 1.165) is 13.8 Å². The van der Waals surface area contributed by atoms with Crippen LogP contribution >= 0.6 is 0 Å². The number of ether oxygens (including phenoxy) is 7. The number of aliphatic carboxylic acids is 2. The van der Waals surface area contributed by atoms with Crippen molar-refractivity contribution in [1.29, 1.82) is 0 Å². The van der Waals surface area contributed by atoms with Crippen molar-refractivity contribution in [3.63, 3.8) is 0 Å². The van der Waals surface area contributed by atoms with Crippen molar-refractivity contribution in [1.82, 2.24) is 5.32 Å². The predicted octanol–water partition coefficient (Wildman–Crippen LogP) is 3.92. The summed E-state index contributed by atoms with van der Waals surface area (Å²) < 4.78 is 43.4. The number of amides is 1. The lowest BCUT2D eigenvalue weighted by Crippen LogP contribution is -2.82. The summed E-state index contributed by atoms with van der Waals surface area (Å²) in [4.78, 5) is 122. The molecular weight excluding hydrogens is 943 g/mol. The largest absolute Gasteiger partial charge is 0.492 e. The molecule has 384 valence electrons. The van der Waals surface area contributed by atoms with Crippen LogP contribution in [0.25, 0.3) is 0 Å². The highest BCUT2D eigenvalue weighted by Crippen LogP contribution is 2.65. The maximum absolute atomic E-state index is 16.1. The molecule has 3 fully saturated rings. The number of hydrogen-bond donors (Lipinski definition) is 4. The number of allylic oxidation sites excluding steroid dienone is 2. The van der Waals surface area contributed by atoms with Gasteiger partial charge in [-0.25, -0.2) is 4.79 Å². The molecule has 1 saturated heterocycles. The number of nitrogens with one attached hydrogen (secondary N) is 1. The van der Waals surface area contributed by atoms with Gasteiger partial charge >= 0.3 is 41.8 Å². The smallest absolute Gasteiger partial charge is 0.351 e. The van der Waals surface area contributed by atoms with E-state index in [9.17, 15) is 48.9 Å². The molecule has 4 N–H and O–H groups in total. The first-order chi connectivity index (χ1) is 33.9. The Morgan fingerprint density at radius 3 is 1.97 bits per heavy atom. The van der Waals surface area contributed by atoms with Gasteiger partial charge < -0.3 is 53.8 Å². The van der Waals surface area contributed by atoms with Gasteiger partial charge in [0.1, 0.15) is 35.6 Å². The molecule has 0 radical (unpaired) electrons. The number of carbonyl (C=O) groups excluding carboxylic acids is 7. The zero-order valence-corrected chi connectivity index (χ0v) is 40.6. The second kappa shape index (κ2) is 18.9. The molecule has 2 saturated carbocycles. The highest BCUT2D eigenvalue weighted by molar-refractivity contribution is 5.98. The molecule has 0 spiro atoms. The maximum atomic E-state index is 16.1. The van der Waals surface area contributed by atoms with Crippen molar-refractivity contribution in [2.45, 2.75) is 146 Å². The molecule has 6 aliphatic rings. The fourth-order valence-corrected chi connectivity index (χ4v) is 11.7. The molecule has 0 aromatic heterocycles. The van der Waals surface area contributed by atoms with Crippen LogP contribution in [0.5, 0.6) is 0 Å². The van der Waals surface area contributed by atoms with Crippen LogP contribution < -0.4 is 5.32 Å². The molecule has 10 atom stereocenters. The van der Waals surface area contributed by atoms with Crippen LogP contribution in [0.1, 0.15) is 114 Å². The molecule has 72 heavy (non-hydrogen) atoms. The average Bonchev–Trinajstić information content (AvgIpc) is 3.94. The van der Waals surface area contributed by atoms with E-state index in [1.165, 1.54) is 26.0 Å². The zero-order valence-electron chi connectivity index (χ0n) is 40.6. The number of ketones is 1. The van der Waals surface area contributed by atoms with E-state index in [2.05, 4.69) is 5.32 Å². The van der Waals surface area contributed by atoms with E-state index < -0.39 is 156 Å². The Morgan fingerprint density at radius 2 is 1.43 bits per heavy atom. The quantitative estimate of drug-likeness (QED) is 0.0992. The Morgan fingerprint density at radius 1 is 0.819 bits per heavy atom. The first-order valence-corrected chi connectivity index (χ1v) is 23.7. The van der Waals surface area contributed by atoms with E-state index >= 15 is 9.59 Å². The zero-order chi connectivity index (χ0) is 52.3. The number of fused-ring (bicyclic) bond motifs is 6. The highest BCUT2D eigenvalue weighted by Gasteiger charge is 2.79. The molecule has 5 aliphatic carbocycles. The Balaban J connectivity index is 1.30. The summed E-state index contributed by atoms with van der Waals surface area (Å²) in [6.07, 6.45) is -10.4. The van der Waals surface area contributed by atoms with E-state index in [-0.39, 0.29) is 29.7 Å². The normalized spacial score (nSPS) is 30.4. The van der Waals surface area contributed by atoms with Crippen LogP contribution in [0.3, 0.4) is 0 Å². The number of carboxylic acids is 2. The monoisotopic (exact) mass is 999 g/mol. The molecule has 1 amide bonds. The van der Waals surface area contributed by atoms with E-state index in [4.69, 9.17) is 33.2 Å². The standard InChI is InChI=1S/C52H57NO19/c1-26-33(69-47(64)45(71-39(61)22-20-37(58)59)52(31-17-10-11-18-32(31)52)53-46(63)29-13-8-7-9-14-29)24-51(65)44(68-30-15-12-16-30)42-49(6,43(62)41(67-27(2)54)40(26)48(51,4)5)34(70-38(60)21-19-36(56)57)23-35-50(42,25-66-35)72-28(3)55/h7-11,13-15,17-18,33-35,41-42,44-45,65H,12,16,19-25H2,1-6H3,(H,53,63)(H,56,57)(H,58,59). The summed E-state index contributed by atoms with van der Waals surface area (Å²) in [5.74, 6) is -10.4. The lowest BCUT2D eigenvalue weighted by molar-refractivity contribution is -0.348. The Bertz CT molecular complexity index is 2670. The third kappa shape index (κ3) is 8.60. The summed E-state index contributed by atoms with van der Waals surface area (Å²) in [6.45, 7) is 7.97. The van der Waals surface area contributed by atoms with Gasteiger partial charge in [-0.15, -0.1) is 0 Å². The van der Waals surface area contributed by atoms with Gasteiger partial charge in [0.25, 0.3) is 5.91 Å². The van der Waals surface area contributed by atoms with Crippen molar-refractivity contribution in [2.75, 3.05) is 6.61 Å². The second-order valence-electron chi connectivity index (χ2n) is 20.0. The van der Waals surface area contributed by atoms with Crippen molar-refractivity contribution < 1.29 is 91.6 Å². The fraction of sp³-hybridized carbons (Fsp3) is 0.519. The minimum atomic E-state index is -2.34. The molecule has 20 nitrogen and oxygen atoms in total. The summed E-state index contributed by atoms with van der Waals surface area (Å²) in [5, 5.41) is 35.7. The SMILES string of the molecule is CC(=O)OC1C(=O)C2(C)C(OC(=O)CCC(=O)O)CC3OCC3(OC(C)=O)C2C(OC2=CCC2)C2(O)CC(OC(=O)C(OC(=O)CCC(=O)O)C3(NC(=O)c4ccccc4)c4ccccc43)C(C)=C1C2(C)C. The molecule has 1 aliphatic heterocycles. The van der Waals surface area contributed by atoms with Gasteiger partial charge in [0.15, 0.2) is 17.5 Å². The van der Waals surface area contributed by atoms with Crippen molar-refractivity contribution in [3.8, 4) is 0 Å². The molecule has 20 heteroatoms. The predicted molar refractivity (Wildman–Crippen MR) is 244 cm³/mol. The molecular formula is C52H57NO19. The van der Waals surface area contributed by atoms with Gasteiger partial charge in [0, 0.05) is 44.1 Å². The average molecular weight is 1000 g/mol. The van der Waals surface area contributed by atoms with Crippen LogP contribution in [0.4, 0.5) is 0 Å². The molecule has 10 unspecified atom stereocenters. The molecule has 2 aromatic carbocycles. The summed E-state index contributed by atoms with van der Waals surface area (Å²) in [6, 6.07) is 14.5. The summed E-state index contributed by atoms with van der Waals surface area (Å²) in [7, 11) is 0. The van der Waals surface area contributed by atoms with Crippen molar-refractivity contribution in [3.05, 3.63) is 94.3 Å². The third-order valence-electron chi connectivity index (χ3n) is 15.5. The molecule has 2 bridgehead atoms. The lowest BCUT2D eigenvalue weighted by Gasteiger charge is -2.68. The van der Waals surface area contributed by atoms with Crippen LogP contribution in [0, 0.1) is 16.7 Å². The molecule has 2 aromatic rings. The van der Waals surface area contributed by atoms with Gasteiger partial charge in [0.2, 0.25) is 6.10 Å². The van der Waals surface area contributed by atoms with Crippen LogP contribution in [0.15, 0.2) is 77.6 Å². The summed E-state index contributed by atoms with van der Waals surface area (Å²) in [5.41, 5.74) is -8.73. The van der Waals surface area contributed by atoms with Crippen LogP contribution in [-0.2, 0) is 77.1 Å². The van der Waals surface area contributed by atoms with Crippen LogP contribution in [-0.4, -0.2) is 123 Å². The third-order valence-corrected chi connectivity index (χ3v) is 15.5. The van der Waals surface area contributed by atoms with Gasteiger partial charge in [-0.2, -0.15) is 0 Å². The maximum Gasteiger partial charge on any atom is 0.351 e. The number of carboxylic acid groups (broad SMARTS) is 2. The minimum absolute atomic E-state index is 0.0357. The molecule has 1 heterocycles. The van der Waals surface area contributed by atoms with Gasteiger partial charge in [-0.05, 0) is 60.8 Å². The fourth-order valence-electron chi connectivity index (χ4n) is 11.7. The number of aliphatic hydroxyl groups is 1. The van der Waals surface area contributed by atoms with Crippen molar-refractivity contribution in [2.24, 2.45) is 16.7 Å². The topological polar surface area (TPSA) is 291 Å². The summed E-state index contributed by atoms with van der Waals surface area (Å²) >= 11 is 0. The van der Waals surface area contributed by atoms with Gasteiger partial charge in [-0.3, -0.25) is 38.4 Å². The minimum Gasteiger partial charge on any atom is -0.492 e. The molecule has 8 rings (SSSR count). The Kier molecular flexibility index (Phi) is 13.5. The number of Topliss-reactive ketones (excluding diaryl/α,β-unsaturated/α-hetero) is 1. The van der Waals surface area contributed by atoms with Gasteiger partial charge in [0.05, 0.1) is 49.4 Å². The van der Waals surface area contributed by atoms with Crippen molar-refractivity contribution >= 4 is 53.5 Å². The lowest BCUT2D eigenvalue weighted by atomic mass is 9.44.